The van der Waals surface area contributed by atoms with Crippen molar-refractivity contribution in [2.75, 3.05) is 26.4 Å². The molecule has 0 aliphatic heterocycles. The third-order valence-corrected chi connectivity index (χ3v) is 11.9. The van der Waals surface area contributed by atoms with Crippen molar-refractivity contribution >= 4 is 11.9 Å². The highest BCUT2D eigenvalue weighted by Gasteiger charge is 2.24. The average Bonchev–Trinajstić information content (AvgIpc) is 3.98. The molecule has 10 nitrogen and oxygen atoms in total. The molecule has 0 spiro atoms. The van der Waals surface area contributed by atoms with Crippen LogP contribution in [0.15, 0.2) is 182 Å². The normalized spacial score (nSPS) is 11.2. The Morgan fingerprint density at radius 2 is 0.750 bits per heavy atom. The fourth-order valence-electron chi connectivity index (χ4n) is 8.70. The summed E-state index contributed by atoms with van der Waals surface area (Å²) >= 11 is 0. The molecule has 2 aromatic heterocycles. The molecule has 0 bridgehead atoms. The fraction of sp³-hybridized carbons (Fsp3) is 0.290. The van der Waals surface area contributed by atoms with Crippen LogP contribution in [-0.4, -0.2) is 68.6 Å². The van der Waals surface area contributed by atoms with Crippen molar-refractivity contribution in [2.45, 2.75) is 90.8 Å². The van der Waals surface area contributed by atoms with E-state index in [1.165, 1.54) is 11.1 Å². The molecule has 2 heterocycles. The minimum atomic E-state index is -0.921. The maximum absolute atomic E-state index is 11.8. The molecule has 0 unspecified atom stereocenters. The summed E-state index contributed by atoms with van der Waals surface area (Å²) in [6, 6.07) is 62.9. The summed E-state index contributed by atoms with van der Waals surface area (Å²) in [5.41, 5.74) is 13.0. The van der Waals surface area contributed by atoms with Crippen molar-refractivity contribution in [3.05, 3.63) is 182 Å². The summed E-state index contributed by atoms with van der Waals surface area (Å²) in [7, 11) is 0. The number of esters is 1. The number of ether oxygens (including phenoxy) is 3. The van der Waals surface area contributed by atoms with Gasteiger partial charge in [-0.05, 0) is 57.6 Å². The van der Waals surface area contributed by atoms with Gasteiger partial charge in [-0.25, -0.2) is 9.59 Å². The van der Waals surface area contributed by atoms with Crippen molar-refractivity contribution in [1.29, 1.82) is 0 Å². The maximum Gasteiger partial charge on any atom is 0.332 e. The van der Waals surface area contributed by atoms with E-state index in [2.05, 4.69) is 167 Å². The van der Waals surface area contributed by atoms with Crippen LogP contribution < -0.4 is 0 Å². The van der Waals surface area contributed by atoms with E-state index in [0.717, 1.165) is 121 Å². The highest BCUT2D eigenvalue weighted by Crippen LogP contribution is 2.42. The number of rotatable bonds is 24. The standard InChI is InChI=1S/C33H38N2O3.C29H30N2O3/c1-33(2,3)38-29(36)25-37-24-16-5-4-15-23-35-32(28-21-13-8-14-22-28)30(26-17-9-6-10-18-26)31(34-35)27-19-11-7-12-20-27;32-26(33)22-34-21-13-2-1-12-20-31-29(25-18-10-5-11-19-25)27(23-14-6-3-7-15-23)28(30-31)24-16-8-4-9-17-24/h6-14,17-22H,4-5,15-16,23-25H2,1-3H3;3-11,14-19H,1-2,12-13,20-22H2,(H,32,33). The molecule has 8 rings (SSSR count). The molecule has 1 N–H and O–H groups in total. The number of carbonyl (C=O) groups excluding carboxylic acids is 1. The van der Waals surface area contributed by atoms with Crippen LogP contribution in [-0.2, 0) is 36.9 Å². The van der Waals surface area contributed by atoms with Gasteiger partial charge in [-0.1, -0.05) is 208 Å². The van der Waals surface area contributed by atoms with Crippen molar-refractivity contribution in [2.24, 2.45) is 0 Å². The van der Waals surface area contributed by atoms with Gasteiger partial charge in [0.1, 0.15) is 30.2 Å². The van der Waals surface area contributed by atoms with E-state index in [-0.39, 0.29) is 19.2 Å². The number of nitrogens with zero attached hydrogens (tertiary/aromatic N) is 4. The van der Waals surface area contributed by atoms with Gasteiger partial charge in [0.05, 0.1) is 11.4 Å². The molecule has 0 radical (unpaired) electrons. The highest BCUT2D eigenvalue weighted by atomic mass is 16.6. The number of carboxylic acid groups (broad SMARTS) is 1. The molecule has 0 saturated carbocycles. The first-order chi connectivity index (χ1) is 35.2. The first-order valence-corrected chi connectivity index (χ1v) is 25.3. The highest BCUT2D eigenvalue weighted by molar-refractivity contribution is 5.93. The predicted molar refractivity (Wildman–Crippen MR) is 289 cm³/mol. The molecule has 8 aromatic rings. The zero-order valence-corrected chi connectivity index (χ0v) is 42.0. The smallest absolute Gasteiger partial charge is 0.332 e. The van der Waals surface area contributed by atoms with Crippen LogP contribution in [0.1, 0.15) is 72.1 Å². The summed E-state index contributed by atoms with van der Waals surface area (Å²) in [6.07, 6.45) is 7.91. The van der Waals surface area contributed by atoms with Gasteiger partial charge in [0.15, 0.2) is 0 Å². The lowest BCUT2D eigenvalue weighted by Crippen LogP contribution is -2.26. The number of carboxylic acids is 1. The second kappa shape index (κ2) is 27.3. The molecule has 0 amide bonds. The van der Waals surface area contributed by atoms with E-state index in [1.54, 1.807) is 0 Å². The topological polar surface area (TPSA) is 118 Å². The lowest BCUT2D eigenvalue weighted by atomic mass is 9.96. The SMILES string of the molecule is CC(C)(C)OC(=O)COCCCCCCn1nc(-c2ccccc2)c(-c2ccccc2)c1-c1ccccc1.O=C(O)COCCCCCCn1nc(-c2ccccc2)c(-c2ccccc2)c1-c1ccccc1. The van der Waals surface area contributed by atoms with Crippen LogP contribution in [0.25, 0.3) is 67.3 Å². The summed E-state index contributed by atoms with van der Waals surface area (Å²) in [5, 5.41) is 19.0. The summed E-state index contributed by atoms with van der Waals surface area (Å²) in [4.78, 5) is 22.3. The third kappa shape index (κ3) is 15.5. The van der Waals surface area contributed by atoms with Crippen molar-refractivity contribution in [3.8, 4) is 67.3 Å². The van der Waals surface area contributed by atoms with Gasteiger partial charge in [0.25, 0.3) is 0 Å². The van der Waals surface area contributed by atoms with Crippen LogP contribution in [0.3, 0.4) is 0 Å². The van der Waals surface area contributed by atoms with E-state index in [9.17, 15) is 9.59 Å². The Bertz CT molecular complexity index is 2840. The molecule has 6 aromatic carbocycles. The molecule has 0 aliphatic carbocycles. The van der Waals surface area contributed by atoms with Gasteiger partial charge in [-0.3, -0.25) is 9.36 Å². The molecular formula is C62H68N4O6. The molecule has 10 heteroatoms. The molecular weight excluding hydrogens is 897 g/mol. The molecule has 0 fully saturated rings. The molecule has 72 heavy (non-hydrogen) atoms. The predicted octanol–water partition coefficient (Wildman–Crippen LogP) is 14.3. The number of benzene rings is 6. The monoisotopic (exact) mass is 965 g/mol. The largest absolute Gasteiger partial charge is 0.480 e. The number of carbonyl (C=O) groups is 2. The van der Waals surface area contributed by atoms with Crippen molar-refractivity contribution in [3.63, 3.8) is 0 Å². The second-order valence-electron chi connectivity index (χ2n) is 18.7. The van der Waals surface area contributed by atoms with Crippen molar-refractivity contribution in [1.82, 2.24) is 19.6 Å². The van der Waals surface area contributed by atoms with Gasteiger partial charge in [0, 0.05) is 59.7 Å². The quantitative estimate of drug-likeness (QED) is 0.0470. The van der Waals surface area contributed by atoms with Crippen LogP contribution >= 0.6 is 0 Å². The number of hydrogen-bond acceptors (Lipinski definition) is 7. The molecule has 372 valence electrons. The minimum Gasteiger partial charge on any atom is -0.480 e. The minimum absolute atomic E-state index is 0.00944. The van der Waals surface area contributed by atoms with Gasteiger partial charge >= 0.3 is 11.9 Å². The van der Waals surface area contributed by atoms with Crippen LogP contribution in [0.2, 0.25) is 0 Å². The third-order valence-electron chi connectivity index (χ3n) is 11.9. The Morgan fingerprint density at radius 3 is 1.10 bits per heavy atom. The number of hydrogen-bond donors (Lipinski definition) is 1. The number of unbranched alkanes of at least 4 members (excludes halogenated alkanes) is 6. The maximum atomic E-state index is 11.8. The van der Waals surface area contributed by atoms with Gasteiger partial charge in [0.2, 0.25) is 0 Å². The zero-order valence-electron chi connectivity index (χ0n) is 42.0. The Hall–Kier alpha value is -7.40. The van der Waals surface area contributed by atoms with Crippen LogP contribution in [0.4, 0.5) is 0 Å². The Balaban J connectivity index is 0.000000213. The molecule has 0 aliphatic rings. The first kappa shape index (κ1) is 52.4. The number of aliphatic carboxylic acids is 1. The van der Waals surface area contributed by atoms with Gasteiger partial charge < -0.3 is 19.3 Å². The number of aryl methyl sites for hydroxylation is 2. The van der Waals surface area contributed by atoms with Gasteiger partial charge in [-0.2, -0.15) is 10.2 Å². The van der Waals surface area contributed by atoms with E-state index < -0.39 is 11.6 Å². The van der Waals surface area contributed by atoms with Crippen LogP contribution in [0.5, 0.6) is 0 Å². The van der Waals surface area contributed by atoms with E-state index in [0.29, 0.717) is 13.2 Å². The Morgan fingerprint density at radius 1 is 0.431 bits per heavy atom. The van der Waals surface area contributed by atoms with E-state index >= 15 is 0 Å². The van der Waals surface area contributed by atoms with Crippen LogP contribution in [0, 0.1) is 0 Å². The van der Waals surface area contributed by atoms with Gasteiger partial charge in [-0.15, -0.1) is 0 Å². The van der Waals surface area contributed by atoms with E-state index in [1.807, 2.05) is 45.0 Å². The summed E-state index contributed by atoms with van der Waals surface area (Å²) in [5.74, 6) is -1.23. The lowest BCUT2D eigenvalue weighted by molar-refractivity contribution is -0.160. The Labute approximate surface area is 425 Å². The summed E-state index contributed by atoms with van der Waals surface area (Å²) in [6.45, 7) is 8.06. The molecule has 0 atom stereocenters. The number of aromatic nitrogens is 4. The second-order valence-corrected chi connectivity index (χ2v) is 18.7. The lowest BCUT2D eigenvalue weighted by Gasteiger charge is -2.19. The molecule has 0 saturated heterocycles. The fourth-order valence-corrected chi connectivity index (χ4v) is 8.70. The Kier molecular flexibility index (Phi) is 19.9. The zero-order chi connectivity index (χ0) is 50.4. The van der Waals surface area contributed by atoms with E-state index in [4.69, 9.17) is 29.5 Å². The first-order valence-electron chi connectivity index (χ1n) is 25.3. The van der Waals surface area contributed by atoms with Crippen molar-refractivity contribution < 1.29 is 28.9 Å². The summed E-state index contributed by atoms with van der Waals surface area (Å²) < 4.78 is 20.3. The average molecular weight is 965 g/mol.